The number of aryl methyl sites for hydroxylation is 1. The molecule has 1 aromatic carbocycles. The highest BCUT2D eigenvalue weighted by molar-refractivity contribution is 6.31. The van der Waals surface area contributed by atoms with E-state index >= 15 is 0 Å². The molecule has 21 heavy (non-hydrogen) atoms. The van der Waals surface area contributed by atoms with Crippen LogP contribution in [0.2, 0.25) is 5.02 Å². The van der Waals surface area contributed by atoms with Crippen molar-refractivity contribution >= 4 is 11.6 Å². The average Bonchev–Trinajstić information content (AvgIpc) is 2.73. The quantitative estimate of drug-likeness (QED) is 0.888. The lowest BCUT2D eigenvalue weighted by Gasteiger charge is -2.14. The van der Waals surface area contributed by atoms with E-state index in [1.165, 1.54) is 0 Å². The zero-order valence-corrected chi connectivity index (χ0v) is 13.2. The molecular weight excluding hydrogens is 290 g/mol. The van der Waals surface area contributed by atoms with Gasteiger partial charge in [0.05, 0.1) is 42.7 Å². The Bertz CT molecular complexity index is 640. The Morgan fingerprint density at radius 3 is 2.67 bits per heavy atom. The summed E-state index contributed by atoms with van der Waals surface area (Å²) in [5.74, 6) is 0.757. The summed E-state index contributed by atoms with van der Waals surface area (Å²) in [5.41, 5.74) is 9.39. The minimum Gasteiger partial charge on any atom is -0.496 e. The van der Waals surface area contributed by atoms with Crippen molar-refractivity contribution in [2.75, 3.05) is 13.7 Å². The van der Waals surface area contributed by atoms with Crippen LogP contribution in [-0.2, 0) is 6.54 Å². The number of benzene rings is 1. The smallest absolute Gasteiger partial charge is 0.123 e. The molecule has 114 valence electrons. The number of aliphatic hydroxyl groups excluding tert-OH is 1. The molecule has 0 fully saturated rings. The van der Waals surface area contributed by atoms with E-state index in [0.29, 0.717) is 11.6 Å². The van der Waals surface area contributed by atoms with Gasteiger partial charge in [-0.25, -0.2) is 0 Å². The molecule has 0 bridgehead atoms. The topological polar surface area (TPSA) is 73.3 Å². The molecule has 0 amide bonds. The normalized spacial score (nSPS) is 12.5. The number of aromatic nitrogens is 2. The van der Waals surface area contributed by atoms with Gasteiger partial charge < -0.3 is 15.6 Å². The fourth-order valence-electron chi connectivity index (χ4n) is 2.25. The summed E-state index contributed by atoms with van der Waals surface area (Å²) in [6.07, 6.45) is 0. The lowest BCUT2D eigenvalue weighted by molar-refractivity contribution is 0.268. The molecule has 0 unspecified atom stereocenters. The van der Waals surface area contributed by atoms with Crippen LogP contribution >= 0.6 is 11.6 Å². The van der Waals surface area contributed by atoms with E-state index in [2.05, 4.69) is 5.10 Å². The Hall–Kier alpha value is -1.56. The first-order chi connectivity index (χ1) is 9.97. The van der Waals surface area contributed by atoms with Crippen molar-refractivity contribution in [3.8, 4) is 5.75 Å². The van der Waals surface area contributed by atoms with E-state index in [1.54, 1.807) is 7.11 Å². The van der Waals surface area contributed by atoms with Crippen molar-refractivity contribution in [3.63, 3.8) is 0 Å². The maximum absolute atomic E-state index is 9.19. The van der Waals surface area contributed by atoms with Gasteiger partial charge in [0.1, 0.15) is 5.75 Å². The minimum absolute atomic E-state index is 0.0997. The number of nitrogens with two attached hydrogens (primary N) is 1. The average molecular weight is 310 g/mol. The number of rotatable bonds is 5. The molecule has 2 aromatic rings. The van der Waals surface area contributed by atoms with Crippen LogP contribution in [0.1, 0.15) is 28.6 Å². The van der Waals surface area contributed by atoms with Crippen molar-refractivity contribution in [2.24, 2.45) is 5.73 Å². The fourth-order valence-corrected chi connectivity index (χ4v) is 2.38. The highest BCUT2D eigenvalue weighted by Gasteiger charge is 2.13. The molecule has 0 aliphatic rings. The molecule has 5 nitrogen and oxygen atoms in total. The lowest BCUT2D eigenvalue weighted by atomic mass is 10.0. The molecule has 1 aromatic heterocycles. The summed E-state index contributed by atoms with van der Waals surface area (Å²) in [6, 6.07) is 5.24. The van der Waals surface area contributed by atoms with Crippen LogP contribution < -0.4 is 10.5 Å². The second-order valence-electron chi connectivity index (χ2n) is 5.00. The molecule has 0 saturated heterocycles. The number of ether oxygens (including phenoxy) is 1. The predicted molar refractivity (Wildman–Crippen MR) is 82.8 cm³/mol. The predicted octanol–water partition coefficient (Wildman–Crippen LogP) is 2.20. The fraction of sp³-hybridized carbons (Fsp3) is 0.400. The third kappa shape index (κ3) is 3.20. The monoisotopic (exact) mass is 309 g/mol. The Morgan fingerprint density at radius 1 is 1.43 bits per heavy atom. The highest BCUT2D eigenvalue weighted by Crippen LogP contribution is 2.26. The van der Waals surface area contributed by atoms with Gasteiger partial charge in [0, 0.05) is 5.56 Å². The van der Waals surface area contributed by atoms with Crippen LogP contribution in [0.4, 0.5) is 0 Å². The summed E-state index contributed by atoms with van der Waals surface area (Å²) in [6.45, 7) is 4.24. The van der Waals surface area contributed by atoms with Crippen LogP contribution in [0.3, 0.4) is 0 Å². The van der Waals surface area contributed by atoms with E-state index < -0.39 is 6.04 Å². The Kier molecular flexibility index (Phi) is 4.88. The summed E-state index contributed by atoms with van der Waals surface area (Å²) < 4.78 is 7.22. The number of methoxy groups -OCH3 is 1. The van der Waals surface area contributed by atoms with Gasteiger partial charge >= 0.3 is 0 Å². The second-order valence-corrected chi connectivity index (χ2v) is 5.38. The van der Waals surface area contributed by atoms with Gasteiger partial charge in [-0.3, -0.25) is 4.68 Å². The van der Waals surface area contributed by atoms with E-state index in [-0.39, 0.29) is 6.61 Å². The van der Waals surface area contributed by atoms with Crippen molar-refractivity contribution in [1.29, 1.82) is 0 Å². The molecule has 0 aliphatic carbocycles. The molecule has 0 radical (unpaired) electrons. The third-order valence-corrected chi connectivity index (χ3v) is 4.09. The minimum atomic E-state index is -0.404. The van der Waals surface area contributed by atoms with Gasteiger partial charge in [-0.15, -0.1) is 0 Å². The SMILES string of the molecule is COc1ccc([C@H](N)CO)cc1Cn1nc(C)c(Cl)c1C. The van der Waals surface area contributed by atoms with Crippen molar-refractivity contribution in [2.45, 2.75) is 26.4 Å². The summed E-state index contributed by atoms with van der Waals surface area (Å²) in [5, 5.41) is 14.3. The maximum atomic E-state index is 9.19. The largest absolute Gasteiger partial charge is 0.496 e. The molecule has 0 aliphatic heterocycles. The van der Waals surface area contributed by atoms with Crippen LogP contribution in [0.25, 0.3) is 0 Å². The van der Waals surface area contributed by atoms with E-state index in [9.17, 15) is 5.11 Å². The molecule has 0 saturated carbocycles. The van der Waals surface area contributed by atoms with Crippen LogP contribution in [0, 0.1) is 13.8 Å². The first kappa shape index (κ1) is 15.8. The van der Waals surface area contributed by atoms with Gasteiger partial charge in [-0.05, 0) is 31.5 Å². The lowest BCUT2D eigenvalue weighted by Crippen LogP contribution is -2.15. The Morgan fingerprint density at radius 2 is 2.14 bits per heavy atom. The second kappa shape index (κ2) is 6.47. The van der Waals surface area contributed by atoms with E-state index in [4.69, 9.17) is 22.1 Å². The maximum Gasteiger partial charge on any atom is 0.123 e. The number of hydrogen-bond acceptors (Lipinski definition) is 4. The van der Waals surface area contributed by atoms with E-state index in [1.807, 2.05) is 36.7 Å². The van der Waals surface area contributed by atoms with Gasteiger partial charge in [-0.1, -0.05) is 17.7 Å². The van der Waals surface area contributed by atoms with Crippen molar-refractivity contribution in [1.82, 2.24) is 9.78 Å². The van der Waals surface area contributed by atoms with Crippen LogP contribution in [0.15, 0.2) is 18.2 Å². The Balaban J connectivity index is 2.39. The molecule has 6 heteroatoms. The molecule has 0 spiro atoms. The number of nitrogens with zero attached hydrogens (tertiary/aromatic N) is 2. The summed E-state index contributed by atoms with van der Waals surface area (Å²) >= 11 is 6.17. The van der Waals surface area contributed by atoms with Gasteiger partial charge in [-0.2, -0.15) is 5.10 Å². The molecule has 3 N–H and O–H groups in total. The molecular formula is C15H20ClN3O2. The van der Waals surface area contributed by atoms with Gasteiger partial charge in [0.15, 0.2) is 0 Å². The third-order valence-electron chi connectivity index (χ3n) is 3.54. The van der Waals surface area contributed by atoms with Crippen molar-refractivity contribution in [3.05, 3.63) is 45.7 Å². The zero-order valence-electron chi connectivity index (χ0n) is 12.4. The van der Waals surface area contributed by atoms with Gasteiger partial charge in [0.2, 0.25) is 0 Å². The first-order valence-electron chi connectivity index (χ1n) is 6.70. The van der Waals surface area contributed by atoms with Crippen molar-refractivity contribution < 1.29 is 9.84 Å². The van der Waals surface area contributed by atoms with Crippen LogP contribution in [-0.4, -0.2) is 28.6 Å². The number of aliphatic hydroxyl groups is 1. The highest BCUT2D eigenvalue weighted by atomic mass is 35.5. The zero-order chi connectivity index (χ0) is 15.6. The molecule has 2 rings (SSSR count). The first-order valence-corrected chi connectivity index (χ1v) is 7.08. The standard InChI is InChI=1S/C15H20ClN3O2/c1-9-15(16)10(2)19(18-9)7-12-6-11(13(17)8-20)4-5-14(12)21-3/h4-6,13,20H,7-8,17H2,1-3H3/t13-/m1/s1. The van der Waals surface area contributed by atoms with E-state index in [0.717, 1.165) is 28.3 Å². The Labute approximate surface area is 129 Å². The van der Waals surface area contributed by atoms with Crippen LogP contribution in [0.5, 0.6) is 5.75 Å². The molecule has 1 atom stereocenters. The number of hydrogen-bond donors (Lipinski definition) is 2. The van der Waals surface area contributed by atoms with Gasteiger partial charge in [0.25, 0.3) is 0 Å². The summed E-state index contributed by atoms with van der Waals surface area (Å²) in [7, 11) is 1.62. The number of halogens is 1. The summed E-state index contributed by atoms with van der Waals surface area (Å²) in [4.78, 5) is 0. The molecule has 1 heterocycles.